The maximum absolute atomic E-state index is 11.5. The first-order valence-electron chi connectivity index (χ1n) is 5.56. The Hall–Kier alpha value is -1.81. The molecule has 6 nitrogen and oxygen atoms in total. The van der Waals surface area contributed by atoms with Gasteiger partial charge in [-0.1, -0.05) is 5.92 Å². The summed E-state index contributed by atoms with van der Waals surface area (Å²) in [4.78, 5) is 33.6. The molecule has 0 aromatic heterocycles. The van der Waals surface area contributed by atoms with E-state index >= 15 is 0 Å². The third-order valence-electron chi connectivity index (χ3n) is 2.04. The van der Waals surface area contributed by atoms with Crippen molar-refractivity contribution in [3.63, 3.8) is 0 Å². The number of hydrogen-bond acceptors (Lipinski definition) is 4. The minimum absolute atomic E-state index is 0.0431. The minimum Gasteiger partial charge on any atom is -0.344 e. The molecule has 0 fully saturated rings. The number of nitrogens with one attached hydrogen (secondary N) is 2. The van der Waals surface area contributed by atoms with E-state index in [9.17, 15) is 14.4 Å². The van der Waals surface area contributed by atoms with Gasteiger partial charge in [0.15, 0.2) is 5.12 Å². The van der Waals surface area contributed by atoms with Gasteiger partial charge in [-0.2, -0.15) is 0 Å². The zero-order valence-electron chi connectivity index (χ0n) is 11.3. The zero-order valence-corrected chi connectivity index (χ0v) is 12.1. The Bertz CT molecular complexity index is 438. The van der Waals surface area contributed by atoms with Crippen LogP contribution in [0.15, 0.2) is 0 Å². The number of amides is 2. The van der Waals surface area contributed by atoms with Crippen molar-refractivity contribution in [2.24, 2.45) is 0 Å². The number of carbonyl (C=O) groups is 3. The van der Waals surface area contributed by atoms with E-state index in [2.05, 4.69) is 16.6 Å². The average Bonchev–Trinajstić information content (AvgIpc) is 2.32. The van der Waals surface area contributed by atoms with E-state index in [-0.39, 0.29) is 36.6 Å². The highest BCUT2D eigenvalue weighted by Crippen LogP contribution is 2.03. The molecule has 0 spiro atoms. The SMILES string of the molecule is C#CCNC(=O)CNC(=O)C[N+](C)=C(C)SC(C)=O. The molecule has 104 valence electrons. The Morgan fingerprint density at radius 1 is 1.21 bits per heavy atom. The Kier molecular flexibility index (Phi) is 8.29. The topological polar surface area (TPSA) is 78.3 Å². The van der Waals surface area contributed by atoms with Crippen LogP contribution in [0, 0.1) is 12.3 Å². The quantitative estimate of drug-likeness (QED) is 0.300. The molecule has 0 atom stereocenters. The molecule has 2 N–H and O–H groups in total. The fourth-order valence-electron chi connectivity index (χ4n) is 1.06. The van der Waals surface area contributed by atoms with Gasteiger partial charge in [0.25, 0.3) is 5.91 Å². The molecule has 19 heavy (non-hydrogen) atoms. The van der Waals surface area contributed by atoms with E-state index in [1.807, 2.05) is 0 Å². The highest BCUT2D eigenvalue weighted by Gasteiger charge is 2.14. The van der Waals surface area contributed by atoms with Crippen LogP contribution >= 0.6 is 11.8 Å². The molecule has 0 aliphatic heterocycles. The van der Waals surface area contributed by atoms with Crippen LogP contribution in [0.5, 0.6) is 0 Å². The first-order valence-corrected chi connectivity index (χ1v) is 6.38. The van der Waals surface area contributed by atoms with Gasteiger partial charge in [0.1, 0.15) is 7.05 Å². The summed E-state index contributed by atoms with van der Waals surface area (Å²) < 4.78 is 1.64. The predicted octanol–water partition coefficient (Wildman–Crippen LogP) is -0.808. The molecule has 0 rings (SSSR count). The highest BCUT2D eigenvalue weighted by molar-refractivity contribution is 8.26. The largest absolute Gasteiger partial charge is 0.344 e. The number of hydrogen-bond donors (Lipinski definition) is 2. The highest BCUT2D eigenvalue weighted by atomic mass is 32.2. The number of carbonyl (C=O) groups excluding carboxylic acids is 3. The van der Waals surface area contributed by atoms with Crippen LogP contribution in [-0.4, -0.2) is 53.2 Å². The Morgan fingerprint density at radius 2 is 1.84 bits per heavy atom. The molecule has 0 aromatic rings. The van der Waals surface area contributed by atoms with Crippen LogP contribution in [0.4, 0.5) is 0 Å². The van der Waals surface area contributed by atoms with Gasteiger partial charge in [0.2, 0.25) is 17.5 Å². The molecule has 2 amide bonds. The van der Waals surface area contributed by atoms with Gasteiger partial charge in [-0.15, -0.1) is 6.42 Å². The monoisotopic (exact) mass is 284 g/mol. The molecule has 0 unspecified atom stereocenters. The molecule has 7 heteroatoms. The normalized spacial score (nSPS) is 11.1. The number of rotatable bonds is 5. The molecule has 0 heterocycles. The second-order valence-electron chi connectivity index (χ2n) is 3.73. The molecule has 0 radical (unpaired) electrons. The van der Waals surface area contributed by atoms with Crippen molar-refractivity contribution in [1.82, 2.24) is 10.6 Å². The van der Waals surface area contributed by atoms with Crippen LogP contribution in [0.3, 0.4) is 0 Å². The van der Waals surface area contributed by atoms with Crippen molar-refractivity contribution in [2.75, 3.05) is 26.7 Å². The molecule has 0 aliphatic carbocycles. The number of likely N-dealkylation sites (N-methyl/N-ethyl adjacent to an activating group) is 1. The lowest BCUT2D eigenvalue weighted by Crippen LogP contribution is -2.40. The Labute approximate surface area is 117 Å². The average molecular weight is 284 g/mol. The van der Waals surface area contributed by atoms with E-state index in [0.29, 0.717) is 0 Å². The summed E-state index contributed by atoms with van der Waals surface area (Å²) in [7, 11) is 1.70. The number of terminal acetylenes is 1. The lowest BCUT2D eigenvalue weighted by Gasteiger charge is -2.04. The fourth-order valence-corrected chi connectivity index (χ4v) is 1.70. The van der Waals surface area contributed by atoms with Gasteiger partial charge in [0, 0.05) is 25.6 Å². The summed E-state index contributed by atoms with van der Waals surface area (Å²) >= 11 is 1.06. The lowest BCUT2D eigenvalue weighted by atomic mass is 10.5. The second-order valence-corrected chi connectivity index (χ2v) is 5.10. The first-order chi connectivity index (χ1) is 8.86. The lowest BCUT2D eigenvalue weighted by molar-refractivity contribution is -0.482. The fraction of sp³-hybridized carbons (Fsp3) is 0.500. The Balaban J connectivity index is 4.14. The van der Waals surface area contributed by atoms with E-state index in [1.165, 1.54) is 6.92 Å². The second kappa shape index (κ2) is 9.16. The van der Waals surface area contributed by atoms with E-state index in [4.69, 9.17) is 6.42 Å². The Morgan fingerprint density at radius 3 is 2.37 bits per heavy atom. The van der Waals surface area contributed by atoms with Gasteiger partial charge < -0.3 is 10.6 Å². The van der Waals surface area contributed by atoms with Gasteiger partial charge in [-0.05, 0) is 0 Å². The molecular formula is C12H18N3O3S+. The summed E-state index contributed by atoms with van der Waals surface area (Å²) in [5.41, 5.74) is 0. The van der Waals surface area contributed by atoms with Crippen LogP contribution in [0.25, 0.3) is 0 Å². The van der Waals surface area contributed by atoms with E-state index in [1.54, 1.807) is 18.5 Å². The summed E-state index contributed by atoms with van der Waals surface area (Å²) in [6.45, 7) is 3.30. The molecular weight excluding hydrogens is 266 g/mol. The molecule has 0 bridgehead atoms. The molecule has 0 aliphatic rings. The standard InChI is InChI=1S/C12H17N3O3S/c1-5-6-13-11(17)7-14-12(18)8-15(4)9(2)19-10(3)16/h1H,6-8H2,2-4H3,(H-,13,14,17,18)/p+1. The molecule has 0 saturated carbocycles. The van der Waals surface area contributed by atoms with Crippen LogP contribution in [0.2, 0.25) is 0 Å². The van der Waals surface area contributed by atoms with E-state index in [0.717, 1.165) is 16.8 Å². The van der Waals surface area contributed by atoms with Crippen molar-refractivity contribution in [2.45, 2.75) is 13.8 Å². The van der Waals surface area contributed by atoms with Crippen molar-refractivity contribution in [1.29, 1.82) is 0 Å². The maximum atomic E-state index is 11.5. The molecule has 0 aromatic carbocycles. The van der Waals surface area contributed by atoms with Gasteiger partial charge in [-0.3, -0.25) is 14.4 Å². The van der Waals surface area contributed by atoms with Gasteiger partial charge in [0.05, 0.1) is 13.1 Å². The van der Waals surface area contributed by atoms with E-state index < -0.39 is 0 Å². The molecule has 0 saturated heterocycles. The smallest absolute Gasteiger partial charge is 0.285 e. The van der Waals surface area contributed by atoms with Crippen LogP contribution < -0.4 is 10.6 Å². The van der Waals surface area contributed by atoms with Crippen molar-refractivity contribution in [3.05, 3.63) is 0 Å². The van der Waals surface area contributed by atoms with Crippen molar-refractivity contribution < 1.29 is 19.0 Å². The third-order valence-corrected chi connectivity index (χ3v) is 2.94. The van der Waals surface area contributed by atoms with Crippen LogP contribution in [0.1, 0.15) is 13.8 Å². The number of thioether (sulfide) groups is 1. The summed E-state index contributed by atoms with van der Waals surface area (Å²) in [6, 6.07) is 0. The van der Waals surface area contributed by atoms with Crippen LogP contribution in [-0.2, 0) is 14.4 Å². The summed E-state index contributed by atoms with van der Waals surface area (Å²) in [5.74, 6) is 1.62. The summed E-state index contributed by atoms with van der Waals surface area (Å²) in [5, 5.41) is 5.57. The van der Waals surface area contributed by atoms with Crippen molar-refractivity contribution >= 4 is 33.7 Å². The van der Waals surface area contributed by atoms with Gasteiger partial charge in [-0.25, -0.2) is 4.58 Å². The maximum Gasteiger partial charge on any atom is 0.285 e. The zero-order chi connectivity index (χ0) is 14.8. The van der Waals surface area contributed by atoms with Gasteiger partial charge >= 0.3 is 0 Å². The minimum atomic E-state index is -0.340. The summed E-state index contributed by atoms with van der Waals surface area (Å²) in [6.07, 6.45) is 4.98. The predicted molar refractivity (Wildman–Crippen MR) is 74.9 cm³/mol. The third kappa shape index (κ3) is 8.85. The number of nitrogens with zero attached hydrogens (tertiary/aromatic N) is 1. The van der Waals surface area contributed by atoms with Crippen molar-refractivity contribution in [3.8, 4) is 12.3 Å². The first kappa shape index (κ1) is 17.2.